The number of hydrogen-bond donors (Lipinski definition) is 2. The van der Waals surface area contributed by atoms with E-state index < -0.39 is 0 Å². The van der Waals surface area contributed by atoms with Crippen LogP contribution < -0.4 is 10.7 Å². The highest BCUT2D eigenvalue weighted by Crippen LogP contribution is 2.30. The lowest BCUT2D eigenvalue weighted by Gasteiger charge is -2.39. The quantitative estimate of drug-likeness (QED) is 0.471. The summed E-state index contributed by atoms with van der Waals surface area (Å²) in [5.74, 6) is 1.01. The Labute approximate surface area is 147 Å². The second kappa shape index (κ2) is 8.88. The molecule has 134 valence electrons. The fraction of sp³-hybridized carbons (Fsp3) is 0.550. The van der Waals surface area contributed by atoms with Gasteiger partial charge in [-0.3, -0.25) is 9.80 Å². The van der Waals surface area contributed by atoms with E-state index in [-0.39, 0.29) is 17.4 Å². The van der Waals surface area contributed by atoms with Crippen LogP contribution in [0.2, 0.25) is 0 Å². The Morgan fingerprint density at radius 2 is 2.08 bits per heavy atom. The number of allylic oxidation sites excluding steroid dienone is 4. The molecule has 1 aliphatic heterocycles. The molecule has 24 heavy (non-hydrogen) atoms. The zero-order valence-electron chi connectivity index (χ0n) is 15.9. The van der Waals surface area contributed by atoms with Crippen molar-refractivity contribution in [3.63, 3.8) is 0 Å². The SMILES string of the molecule is C=C/C=C(\CC=C)CCCC(C)(C)N1NC(C)C(C(C)=O)=C1NC. The number of carbonyl (C=O) groups is 1. The van der Waals surface area contributed by atoms with Gasteiger partial charge in [-0.15, -0.1) is 6.58 Å². The average molecular weight is 332 g/mol. The molecule has 0 bridgehead atoms. The van der Waals surface area contributed by atoms with Crippen molar-refractivity contribution in [3.05, 3.63) is 48.4 Å². The predicted molar refractivity (Wildman–Crippen MR) is 102 cm³/mol. The molecule has 0 amide bonds. The van der Waals surface area contributed by atoms with Crippen LogP contribution in [0.4, 0.5) is 0 Å². The van der Waals surface area contributed by atoms with Crippen molar-refractivity contribution >= 4 is 5.78 Å². The summed E-state index contributed by atoms with van der Waals surface area (Å²) in [6.07, 6.45) is 9.87. The lowest BCUT2D eigenvalue weighted by atomic mass is 9.93. The molecule has 0 aromatic heterocycles. The molecule has 4 heteroatoms. The first-order chi connectivity index (χ1) is 11.3. The lowest BCUT2D eigenvalue weighted by molar-refractivity contribution is -0.113. The summed E-state index contributed by atoms with van der Waals surface area (Å²) < 4.78 is 0. The van der Waals surface area contributed by atoms with Gasteiger partial charge in [-0.2, -0.15) is 0 Å². The Balaban J connectivity index is 2.81. The second-order valence-electron chi connectivity index (χ2n) is 6.97. The van der Waals surface area contributed by atoms with Crippen LogP contribution in [0.3, 0.4) is 0 Å². The summed E-state index contributed by atoms with van der Waals surface area (Å²) in [5.41, 5.74) is 5.52. The summed E-state index contributed by atoms with van der Waals surface area (Å²) in [7, 11) is 1.87. The van der Waals surface area contributed by atoms with Gasteiger partial charge in [0.25, 0.3) is 0 Å². The maximum Gasteiger partial charge on any atom is 0.161 e. The minimum Gasteiger partial charge on any atom is -0.373 e. The number of rotatable bonds is 10. The maximum atomic E-state index is 12.0. The van der Waals surface area contributed by atoms with Gasteiger partial charge < -0.3 is 5.32 Å². The minimum atomic E-state index is -0.0999. The third-order valence-electron chi connectivity index (χ3n) is 4.50. The Hall–Kier alpha value is -1.81. The summed E-state index contributed by atoms with van der Waals surface area (Å²) in [5, 5.41) is 5.33. The van der Waals surface area contributed by atoms with Crippen molar-refractivity contribution in [2.75, 3.05) is 7.05 Å². The third kappa shape index (κ3) is 4.84. The number of hydrogen-bond acceptors (Lipinski definition) is 4. The van der Waals surface area contributed by atoms with E-state index in [4.69, 9.17) is 0 Å². The molecule has 4 nitrogen and oxygen atoms in total. The van der Waals surface area contributed by atoms with Crippen LogP contribution in [0.1, 0.15) is 53.4 Å². The standard InChI is InChI=1S/C20H33N3O/c1-8-11-17(12-9-2)13-10-14-20(5,6)23-19(21-7)18(16(4)24)15(3)22-23/h8-9,11,15,21-22H,1-2,10,12-14H2,3-7H3/b17-11+. The summed E-state index contributed by atoms with van der Waals surface area (Å²) in [4.78, 5) is 12.0. The predicted octanol–water partition coefficient (Wildman–Crippen LogP) is 3.85. The second-order valence-corrected chi connectivity index (χ2v) is 6.97. The number of carbonyl (C=O) groups excluding carboxylic acids is 1. The van der Waals surface area contributed by atoms with Crippen LogP contribution >= 0.6 is 0 Å². The molecule has 0 saturated carbocycles. The van der Waals surface area contributed by atoms with Crippen LogP contribution in [0, 0.1) is 0 Å². The van der Waals surface area contributed by atoms with Crippen LogP contribution in [-0.4, -0.2) is 29.4 Å². The van der Waals surface area contributed by atoms with E-state index in [0.29, 0.717) is 0 Å². The molecule has 1 rings (SSSR count). The molecular formula is C20H33N3O. The molecule has 0 saturated heterocycles. The highest BCUT2D eigenvalue weighted by molar-refractivity contribution is 5.95. The molecule has 1 unspecified atom stereocenters. The normalized spacial score (nSPS) is 18.8. The van der Waals surface area contributed by atoms with Gasteiger partial charge in [0, 0.05) is 7.05 Å². The van der Waals surface area contributed by atoms with Gasteiger partial charge in [-0.1, -0.05) is 30.4 Å². The Kier molecular flexibility index (Phi) is 7.49. The molecular weight excluding hydrogens is 298 g/mol. The van der Waals surface area contributed by atoms with Gasteiger partial charge in [0.05, 0.1) is 17.2 Å². The first-order valence-electron chi connectivity index (χ1n) is 8.69. The van der Waals surface area contributed by atoms with Crippen molar-refractivity contribution < 1.29 is 4.79 Å². The highest BCUT2D eigenvalue weighted by atomic mass is 16.1. The number of nitrogens with zero attached hydrogens (tertiary/aromatic N) is 1. The molecule has 0 spiro atoms. The smallest absolute Gasteiger partial charge is 0.161 e. The van der Waals surface area contributed by atoms with E-state index in [0.717, 1.165) is 37.1 Å². The van der Waals surface area contributed by atoms with Crippen molar-refractivity contribution in [1.82, 2.24) is 15.8 Å². The minimum absolute atomic E-state index is 0.0289. The molecule has 1 aliphatic rings. The van der Waals surface area contributed by atoms with E-state index in [1.807, 2.05) is 26.1 Å². The number of Topliss-reactive ketones (excluding diaryl/α,β-unsaturated/α-hetero) is 1. The first-order valence-corrected chi connectivity index (χ1v) is 8.69. The number of ketones is 1. The van der Waals surface area contributed by atoms with Crippen molar-refractivity contribution in [1.29, 1.82) is 0 Å². The van der Waals surface area contributed by atoms with Crippen LogP contribution in [0.5, 0.6) is 0 Å². The monoisotopic (exact) mass is 331 g/mol. The first kappa shape index (κ1) is 20.2. The van der Waals surface area contributed by atoms with Gasteiger partial charge in [0.1, 0.15) is 5.82 Å². The fourth-order valence-corrected chi connectivity index (χ4v) is 3.31. The molecule has 1 atom stereocenters. The maximum absolute atomic E-state index is 12.0. The molecule has 0 aromatic rings. The highest BCUT2D eigenvalue weighted by Gasteiger charge is 2.38. The van der Waals surface area contributed by atoms with Crippen molar-refractivity contribution in [2.24, 2.45) is 0 Å². The van der Waals surface area contributed by atoms with Crippen LogP contribution in [0.15, 0.2) is 48.4 Å². The van der Waals surface area contributed by atoms with Gasteiger partial charge in [0.15, 0.2) is 5.78 Å². The fourth-order valence-electron chi connectivity index (χ4n) is 3.31. The van der Waals surface area contributed by atoms with Crippen LogP contribution in [-0.2, 0) is 4.79 Å². The van der Waals surface area contributed by atoms with Crippen molar-refractivity contribution in [2.45, 2.75) is 65.0 Å². The molecule has 0 aromatic carbocycles. The lowest BCUT2D eigenvalue weighted by Crippen LogP contribution is -2.51. The summed E-state index contributed by atoms with van der Waals surface area (Å²) in [6, 6.07) is 0.0289. The van der Waals surface area contributed by atoms with Gasteiger partial charge in [-0.25, -0.2) is 5.43 Å². The van der Waals surface area contributed by atoms with E-state index >= 15 is 0 Å². The molecule has 0 aliphatic carbocycles. The number of nitrogens with one attached hydrogen (secondary N) is 2. The number of hydrazine groups is 1. The Morgan fingerprint density at radius 1 is 1.42 bits per heavy atom. The van der Waals surface area contributed by atoms with E-state index in [9.17, 15) is 4.79 Å². The van der Waals surface area contributed by atoms with Gasteiger partial charge in [0.2, 0.25) is 0 Å². The molecule has 0 radical (unpaired) electrons. The topological polar surface area (TPSA) is 44.4 Å². The Morgan fingerprint density at radius 3 is 2.58 bits per heavy atom. The Bertz CT molecular complexity index is 543. The van der Waals surface area contributed by atoms with Gasteiger partial charge >= 0.3 is 0 Å². The van der Waals surface area contributed by atoms with E-state index in [1.54, 1.807) is 6.92 Å². The molecule has 1 heterocycles. The molecule has 2 N–H and O–H groups in total. The van der Waals surface area contributed by atoms with E-state index in [2.05, 4.69) is 48.8 Å². The zero-order chi connectivity index (χ0) is 18.3. The third-order valence-corrected chi connectivity index (χ3v) is 4.50. The van der Waals surface area contributed by atoms with Crippen LogP contribution in [0.25, 0.3) is 0 Å². The summed E-state index contributed by atoms with van der Waals surface area (Å²) in [6.45, 7) is 15.7. The van der Waals surface area contributed by atoms with Crippen molar-refractivity contribution in [3.8, 4) is 0 Å². The van der Waals surface area contributed by atoms with E-state index in [1.165, 1.54) is 5.57 Å². The zero-order valence-corrected chi connectivity index (χ0v) is 15.9. The van der Waals surface area contributed by atoms with Gasteiger partial charge in [-0.05, 0) is 53.4 Å². The molecule has 0 fully saturated rings. The largest absolute Gasteiger partial charge is 0.373 e. The summed E-state index contributed by atoms with van der Waals surface area (Å²) >= 11 is 0. The average Bonchev–Trinajstić information content (AvgIpc) is 2.85.